The lowest BCUT2D eigenvalue weighted by Gasteiger charge is -2.35. The third-order valence-corrected chi connectivity index (χ3v) is 7.04. The summed E-state index contributed by atoms with van der Waals surface area (Å²) in [6.07, 6.45) is 7.28. The zero-order valence-corrected chi connectivity index (χ0v) is 17.4. The second-order valence-electron chi connectivity index (χ2n) is 8.46. The molecule has 3 aromatic rings. The summed E-state index contributed by atoms with van der Waals surface area (Å²) in [4.78, 5) is 17.2. The fourth-order valence-corrected chi connectivity index (χ4v) is 5.52. The Kier molecular flexibility index (Phi) is 4.96. The quantitative estimate of drug-likeness (QED) is 0.559. The SMILES string of the molecule is O=c1c2c([nH]c(=S)n1Cc1ccccc1)-c1ccccc1CC2C1CCCCC1. The summed E-state index contributed by atoms with van der Waals surface area (Å²) in [5.41, 5.74) is 5.59. The Hall–Kier alpha value is -2.46. The molecule has 0 spiro atoms. The van der Waals surface area contributed by atoms with Crippen molar-refractivity contribution in [3.8, 4) is 11.3 Å². The summed E-state index contributed by atoms with van der Waals surface area (Å²) in [7, 11) is 0. The van der Waals surface area contributed by atoms with E-state index in [2.05, 4.69) is 41.4 Å². The van der Waals surface area contributed by atoms with Crippen LogP contribution < -0.4 is 5.56 Å². The number of aromatic nitrogens is 2. The van der Waals surface area contributed by atoms with Gasteiger partial charge >= 0.3 is 0 Å². The molecule has 5 rings (SSSR count). The van der Waals surface area contributed by atoms with E-state index in [0.717, 1.165) is 28.8 Å². The van der Waals surface area contributed by atoms with E-state index in [1.54, 1.807) is 4.57 Å². The molecule has 4 heteroatoms. The number of rotatable bonds is 3. The van der Waals surface area contributed by atoms with E-state index >= 15 is 0 Å². The maximum Gasteiger partial charge on any atom is 0.258 e. The van der Waals surface area contributed by atoms with Gasteiger partial charge in [0.2, 0.25) is 0 Å². The Morgan fingerprint density at radius 1 is 0.966 bits per heavy atom. The number of fused-ring (bicyclic) bond motifs is 3. The molecule has 1 N–H and O–H groups in total. The first-order valence-corrected chi connectivity index (χ1v) is 11.1. The van der Waals surface area contributed by atoms with Gasteiger partial charge in [0.15, 0.2) is 4.77 Å². The fourth-order valence-electron chi connectivity index (χ4n) is 5.27. The van der Waals surface area contributed by atoms with Crippen LogP contribution in [0.1, 0.15) is 54.7 Å². The Labute approximate surface area is 176 Å². The van der Waals surface area contributed by atoms with Gasteiger partial charge in [-0.15, -0.1) is 0 Å². The van der Waals surface area contributed by atoms with Crippen LogP contribution in [-0.4, -0.2) is 9.55 Å². The summed E-state index contributed by atoms with van der Waals surface area (Å²) >= 11 is 5.66. The highest BCUT2D eigenvalue weighted by Gasteiger charge is 2.34. The molecule has 2 aliphatic rings. The van der Waals surface area contributed by atoms with Gasteiger partial charge in [0.1, 0.15) is 0 Å². The van der Waals surface area contributed by atoms with Crippen molar-refractivity contribution in [3.05, 3.63) is 86.4 Å². The van der Waals surface area contributed by atoms with Crippen LogP contribution in [0.25, 0.3) is 11.3 Å². The first kappa shape index (κ1) is 18.6. The Morgan fingerprint density at radius 2 is 1.69 bits per heavy atom. The van der Waals surface area contributed by atoms with Gasteiger partial charge in [0.05, 0.1) is 12.2 Å². The summed E-state index contributed by atoms with van der Waals surface area (Å²) in [5, 5.41) is 0. The minimum Gasteiger partial charge on any atom is -0.331 e. The molecule has 0 bridgehead atoms. The highest BCUT2D eigenvalue weighted by atomic mass is 32.1. The van der Waals surface area contributed by atoms with Crippen LogP contribution in [0.5, 0.6) is 0 Å². The third-order valence-electron chi connectivity index (χ3n) is 6.72. The Balaban J connectivity index is 1.68. The third kappa shape index (κ3) is 3.40. The van der Waals surface area contributed by atoms with Crippen LogP contribution in [-0.2, 0) is 13.0 Å². The van der Waals surface area contributed by atoms with E-state index in [1.807, 2.05) is 18.2 Å². The van der Waals surface area contributed by atoms with Gasteiger partial charge < -0.3 is 4.98 Å². The van der Waals surface area contributed by atoms with Crippen LogP contribution in [0.3, 0.4) is 0 Å². The second-order valence-corrected chi connectivity index (χ2v) is 8.85. The van der Waals surface area contributed by atoms with Gasteiger partial charge in [0.25, 0.3) is 5.56 Å². The molecule has 0 aliphatic heterocycles. The predicted molar refractivity (Wildman–Crippen MR) is 120 cm³/mol. The molecule has 1 fully saturated rings. The second kappa shape index (κ2) is 7.75. The number of nitrogens with one attached hydrogen (secondary N) is 1. The highest BCUT2D eigenvalue weighted by molar-refractivity contribution is 7.71. The van der Waals surface area contributed by atoms with Crippen molar-refractivity contribution in [3.63, 3.8) is 0 Å². The van der Waals surface area contributed by atoms with Crippen LogP contribution >= 0.6 is 12.2 Å². The van der Waals surface area contributed by atoms with Crippen molar-refractivity contribution < 1.29 is 0 Å². The zero-order chi connectivity index (χ0) is 19.8. The molecule has 29 heavy (non-hydrogen) atoms. The summed E-state index contributed by atoms with van der Waals surface area (Å²) in [6.45, 7) is 0.515. The zero-order valence-electron chi connectivity index (χ0n) is 16.6. The van der Waals surface area contributed by atoms with Gasteiger partial charge in [-0.1, -0.05) is 73.9 Å². The molecule has 1 saturated carbocycles. The number of hydrogen-bond donors (Lipinski definition) is 1. The van der Waals surface area contributed by atoms with E-state index in [9.17, 15) is 4.79 Å². The highest BCUT2D eigenvalue weighted by Crippen LogP contribution is 2.44. The monoisotopic (exact) mass is 402 g/mol. The normalized spacial score (nSPS) is 18.8. The minimum atomic E-state index is 0.0951. The number of hydrogen-bond acceptors (Lipinski definition) is 2. The number of benzene rings is 2. The molecule has 3 nitrogen and oxygen atoms in total. The van der Waals surface area contributed by atoms with Crippen LogP contribution in [0.4, 0.5) is 0 Å². The molecule has 2 aromatic carbocycles. The lowest BCUT2D eigenvalue weighted by molar-refractivity contribution is 0.299. The predicted octanol–water partition coefficient (Wildman–Crippen LogP) is 5.84. The first-order chi connectivity index (χ1) is 14.2. The van der Waals surface area contributed by atoms with Crippen molar-refractivity contribution >= 4 is 12.2 Å². The molecular formula is C25H26N2OS. The molecular weight excluding hydrogens is 376 g/mol. The van der Waals surface area contributed by atoms with Gasteiger partial charge in [-0.25, -0.2) is 0 Å². The first-order valence-electron chi connectivity index (χ1n) is 10.7. The lowest BCUT2D eigenvalue weighted by Crippen LogP contribution is -2.34. The maximum atomic E-state index is 13.8. The topological polar surface area (TPSA) is 37.8 Å². The van der Waals surface area contributed by atoms with Crippen LogP contribution in [0.15, 0.2) is 59.4 Å². The van der Waals surface area contributed by atoms with Crippen LogP contribution in [0.2, 0.25) is 0 Å². The van der Waals surface area contributed by atoms with E-state index in [-0.39, 0.29) is 11.5 Å². The standard InChI is InChI=1S/C25H26N2OS/c28-24-22-21(18-11-5-2-6-12-18)15-19-13-7-8-14-20(19)23(22)26-25(29)27(24)16-17-9-3-1-4-10-17/h1,3-4,7-10,13-14,18,21H,2,5-6,11-12,15-16H2,(H,26,29). The number of nitrogens with zero attached hydrogens (tertiary/aromatic N) is 1. The van der Waals surface area contributed by atoms with Crippen molar-refractivity contribution in [2.45, 2.75) is 51.0 Å². The molecule has 1 atom stereocenters. The van der Waals surface area contributed by atoms with Crippen molar-refractivity contribution in [1.29, 1.82) is 0 Å². The molecule has 0 saturated heterocycles. The van der Waals surface area contributed by atoms with Gasteiger partial charge in [-0.05, 0) is 54.4 Å². The van der Waals surface area contributed by atoms with E-state index in [0.29, 0.717) is 17.2 Å². The number of aromatic amines is 1. The molecule has 0 radical (unpaired) electrons. The van der Waals surface area contributed by atoms with Crippen LogP contribution in [0, 0.1) is 10.7 Å². The summed E-state index contributed by atoms with van der Waals surface area (Å²) in [5.74, 6) is 0.861. The van der Waals surface area contributed by atoms with Gasteiger partial charge in [-0.2, -0.15) is 0 Å². The smallest absolute Gasteiger partial charge is 0.258 e. The average Bonchev–Trinajstić information content (AvgIpc) is 2.77. The molecule has 2 aliphatic carbocycles. The Bertz CT molecular complexity index is 1140. The minimum absolute atomic E-state index is 0.0951. The Morgan fingerprint density at radius 3 is 2.48 bits per heavy atom. The molecule has 0 amide bonds. The van der Waals surface area contributed by atoms with Gasteiger partial charge in [0, 0.05) is 11.1 Å². The van der Waals surface area contributed by atoms with E-state index < -0.39 is 0 Å². The van der Waals surface area contributed by atoms with E-state index in [1.165, 1.54) is 37.7 Å². The largest absolute Gasteiger partial charge is 0.331 e. The maximum absolute atomic E-state index is 13.8. The molecule has 1 aromatic heterocycles. The number of H-pyrrole nitrogens is 1. The molecule has 1 heterocycles. The van der Waals surface area contributed by atoms with Gasteiger partial charge in [-0.3, -0.25) is 9.36 Å². The van der Waals surface area contributed by atoms with Crippen molar-refractivity contribution in [2.24, 2.45) is 5.92 Å². The lowest BCUT2D eigenvalue weighted by atomic mass is 9.70. The molecule has 1 unspecified atom stereocenters. The van der Waals surface area contributed by atoms with Crippen molar-refractivity contribution in [1.82, 2.24) is 9.55 Å². The summed E-state index contributed by atoms with van der Waals surface area (Å²) in [6, 6.07) is 18.6. The van der Waals surface area contributed by atoms with E-state index in [4.69, 9.17) is 12.2 Å². The van der Waals surface area contributed by atoms with Crippen molar-refractivity contribution in [2.75, 3.05) is 0 Å². The average molecular weight is 403 g/mol. The molecule has 148 valence electrons. The summed E-state index contributed by atoms with van der Waals surface area (Å²) < 4.78 is 2.27. The fraction of sp³-hybridized carbons (Fsp3) is 0.360.